The second-order valence-electron chi connectivity index (χ2n) is 7.64. The van der Waals surface area contributed by atoms with Gasteiger partial charge in [-0.15, -0.1) is 12.4 Å². The van der Waals surface area contributed by atoms with Crippen molar-refractivity contribution in [2.45, 2.75) is 51.0 Å². The Bertz CT molecular complexity index is 822. The third kappa shape index (κ3) is 4.32. The maximum atomic E-state index is 13.0. The summed E-state index contributed by atoms with van der Waals surface area (Å²) in [7, 11) is 0. The molecule has 0 radical (unpaired) electrons. The predicted molar refractivity (Wildman–Crippen MR) is 117 cm³/mol. The second kappa shape index (κ2) is 9.47. The molecule has 2 aliphatic rings. The maximum Gasteiger partial charge on any atom is 0.226 e. The molecule has 1 atom stereocenters. The van der Waals surface area contributed by atoms with E-state index in [0.29, 0.717) is 28.4 Å². The van der Waals surface area contributed by atoms with Crippen molar-refractivity contribution in [3.63, 3.8) is 0 Å². The molecule has 6 heteroatoms. The van der Waals surface area contributed by atoms with Crippen LogP contribution in [0.3, 0.4) is 0 Å². The number of pyridine rings is 1. The van der Waals surface area contributed by atoms with Gasteiger partial charge in [0.1, 0.15) is 0 Å². The first-order valence-corrected chi connectivity index (χ1v) is 10.6. The number of amides is 1. The molecule has 1 amide bonds. The second-order valence-corrected chi connectivity index (χ2v) is 8.43. The van der Waals surface area contributed by atoms with E-state index in [1.165, 1.54) is 19.3 Å². The van der Waals surface area contributed by atoms with Crippen molar-refractivity contribution in [3.05, 3.63) is 52.3 Å². The SMILES string of the molecule is Cl.O=C1C(Cc2ccc(Cl)c(-c3ccncc3)c2Cl)CCN1C1CCCCC1. The van der Waals surface area contributed by atoms with Crippen LogP contribution in [0.5, 0.6) is 0 Å². The summed E-state index contributed by atoms with van der Waals surface area (Å²) in [4.78, 5) is 19.2. The topological polar surface area (TPSA) is 33.2 Å². The zero-order valence-corrected chi connectivity index (χ0v) is 18.1. The summed E-state index contributed by atoms with van der Waals surface area (Å²) < 4.78 is 0. The standard InChI is InChI=1S/C22H24Cl2N2O.ClH/c23-19-7-6-16(21(24)20(19)15-8-11-25-12-9-15)14-17-10-13-26(22(17)27)18-4-2-1-3-5-18;/h6-9,11-12,17-18H,1-5,10,13-14H2;1H. The van der Waals surface area contributed by atoms with Crippen molar-refractivity contribution in [3.8, 4) is 11.1 Å². The number of hydrogen-bond acceptors (Lipinski definition) is 2. The molecule has 150 valence electrons. The summed E-state index contributed by atoms with van der Waals surface area (Å²) in [6.45, 7) is 0.886. The highest BCUT2D eigenvalue weighted by molar-refractivity contribution is 6.39. The first-order valence-electron chi connectivity index (χ1n) is 9.83. The Balaban J connectivity index is 0.00000225. The van der Waals surface area contributed by atoms with Crippen molar-refractivity contribution in [1.29, 1.82) is 0 Å². The first kappa shape index (κ1) is 21.4. The normalized spacial score (nSPS) is 20.3. The molecule has 2 aromatic rings. The van der Waals surface area contributed by atoms with Gasteiger partial charge < -0.3 is 4.90 Å². The van der Waals surface area contributed by atoms with Gasteiger partial charge in [0, 0.05) is 41.5 Å². The molecule has 0 N–H and O–H groups in total. The van der Waals surface area contributed by atoms with Gasteiger partial charge in [0.25, 0.3) is 0 Å². The van der Waals surface area contributed by atoms with Gasteiger partial charge >= 0.3 is 0 Å². The molecule has 4 rings (SSSR count). The Morgan fingerprint density at radius 3 is 2.43 bits per heavy atom. The van der Waals surface area contributed by atoms with Crippen LogP contribution in [0.2, 0.25) is 10.0 Å². The summed E-state index contributed by atoms with van der Waals surface area (Å²) in [5.74, 6) is 0.328. The Morgan fingerprint density at radius 2 is 1.71 bits per heavy atom. The van der Waals surface area contributed by atoms with Gasteiger partial charge in [0.2, 0.25) is 5.91 Å². The Hall–Kier alpha value is -1.29. The maximum absolute atomic E-state index is 13.0. The van der Waals surface area contributed by atoms with E-state index in [2.05, 4.69) is 9.88 Å². The lowest BCUT2D eigenvalue weighted by Gasteiger charge is -2.31. The average molecular weight is 440 g/mol. The summed E-state index contributed by atoms with van der Waals surface area (Å²) in [5.41, 5.74) is 2.77. The van der Waals surface area contributed by atoms with Crippen LogP contribution in [-0.2, 0) is 11.2 Å². The molecule has 1 saturated heterocycles. The molecule has 1 unspecified atom stereocenters. The third-order valence-corrected chi connectivity index (χ3v) is 6.72. The number of benzene rings is 1. The average Bonchev–Trinajstić information content (AvgIpc) is 3.06. The zero-order chi connectivity index (χ0) is 18.8. The Kier molecular flexibility index (Phi) is 7.25. The highest BCUT2D eigenvalue weighted by Gasteiger charge is 2.36. The third-order valence-electron chi connectivity index (χ3n) is 5.97. The van der Waals surface area contributed by atoms with Crippen LogP contribution in [-0.4, -0.2) is 28.4 Å². The molecule has 3 nitrogen and oxygen atoms in total. The number of aromatic nitrogens is 1. The van der Waals surface area contributed by atoms with E-state index in [1.807, 2.05) is 24.3 Å². The first-order chi connectivity index (χ1) is 13.1. The van der Waals surface area contributed by atoms with E-state index >= 15 is 0 Å². The largest absolute Gasteiger partial charge is 0.339 e. The van der Waals surface area contributed by atoms with Crippen molar-refractivity contribution in [2.24, 2.45) is 5.92 Å². The van der Waals surface area contributed by atoms with Crippen LogP contribution < -0.4 is 0 Å². The van der Waals surface area contributed by atoms with Gasteiger partial charge in [-0.05, 0) is 55.0 Å². The highest BCUT2D eigenvalue weighted by Crippen LogP contribution is 2.39. The predicted octanol–water partition coefficient (Wildman–Crippen LogP) is 6.20. The molecule has 1 aliphatic carbocycles. The van der Waals surface area contributed by atoms with Crippen LogP contribution in [0.1, 0.15) is 44.1 Å². The van der Waals surface area contributed by atoms with Crippen LogP contribution in [0.25, 0.3) is 11.1 Å². The summed E-state index contributed by atoms with van der Waals surface area (Å²) in [6.07, 6.45) is 11.2. The molecule has 1 saturated carbocycles. The number of halogens is 3. The molecule has 1 aromatic heterocycles. The number of rotatable bonds is 4. The fraction of sp³-hybridized carbons (Fsp3) is 0.455. The summed E-state index contributed by atoms with van der Waals surface area (Å²) in [5, 5.41) is 1.27. The molecule has 2 heterocycles. The zero-order valence-electron chi connectivity index (χ0n) is 15.7. The molecular weight excluding hydrogens is 415 g/mol. The summed E-state index contributed by atoms with van der Waals surface area (Å²) in [6, 6.07) is 8.11. The van der Waals surface area contributed by atoms with Crippen LogP contribution in [0, 0.1) is 5.92 Å². The van der Waals surface area contributed by atoms with Gasteiger partial charge in [-0.3, -0.25) is 9.78 Å². The lowest BCUT2D eigenvalue weighted by molar-refractivity contribution is -0.133. The van der Waals surface area contributed by atoms with Gasteiger partial charge in [0.05, 0.1) is 5.02 Å². The molecule has 1 aromatic carbocycles. The molecule has 0 spiro atoms. The fourth-order valence-electron chi connectivity index (χ4n) is 4.51. The van der Waals surface area contributed by atoms with Crippen LogP contribution >= 0.6 is 35.6 Å². The molecular formula is C22H25Cl3N2O. The van der Waals surface area contributed by atoms with Gasteiger partial charge in [-0.25, -0.2) is 0 Å². The lowest BCUT2D eigenvalue weighted by atomic mass is 9.93. The summed E-state index contributed by atoms with van der Waals surface area (Å²) >= 11 is 13.2. The monoisotopic (exact) mass is 438 g/mol. The molecule has 2 fully saturated rings. The Labute approximate surface area is 182 Å². The minimum Gasteiger partial charge on any atom is -0.339 e. The number of nitrogens with zero attached hydrogens (tertiary/aromatic N) is 2. The lowest BCUT2D eigenvalue weighted by Crippen LogP contribution is -2.39. The molecule has 1 aliphatic heterocycles. The van der Waals surface area contributed by atoms with Gasteiger partial charge in [0.15, 0.2) is 0 Å². The minimum atomic E-state index is 0. The quantitative estimate of drug-likeness (QED) is 0.568. The van der Waals surface area contributed by atoms with E-state index in [0.717, 1.165) is 42.5 Å². The molecule has 0 bridgehead atoms. The fourth-order valence-corrected chi connectivity index (χ4v) is 5.18. The van der Waals surface area contributed by atoms with E-state index < -0.39 is 0 Å². The number of carbonyl (C=O) groups is 1. The van der Waals surface area contributed by atoms with Gasteiger partial charge in [-0.2, -0.15) is 0 Å². The van der Waals surface area contributed by atoms with Crippen molar-refractivity contribution >= 4 is 41.5 Å². The van der Waals surface area contributed by atoms with Gasteiger partial charge in [-0.1, -0.05) is 48.5 Å². The van der Waals surface area contributed by atoms with Crippen molar-refractivity contribution < 1.29 is 4.79 Å². The van der Waals surface area contributed by atoms with E-state index in [9.17, 15) is 4.79 Å². The van der Waals surface area contributed by atoms with Crippen LogP contribution in [0.4, 0.5) is 0 Å². The minimum absolute atomic E-state index is 0. The number of likely N-dealkylation sites (tertiary alicyclic amines) is 1. The van der Waals surface area contributed by atoms with Crippen LogP contribution in [0.15, 0.2) is 36.7 Å². The Morgan fingerprint density at radius 1 is 1.00 bits per heavy atom. The van der Waals surface area contributed by atoms with E-state index in [1.54, 1.807) is 12.4 Å². The van der Waals surface area contributed by atoms with E-state index in [-0.39, 0.29) is 18.3 Å². The van der Waals surface area contributed by atoms with E-state index in [4.69, 9.17) is 23.2 Å². The number of hydrogen-bond donors (Lipinski definition) is 0. The van der Waals surface area contributed by atoms with Crippen molar-refractivity contribution in [2.75, 3.05) is 6.54 Å². The highest BCUT2D eigenvalue weighted by atomic mass is 35.5. The van der Waals surface area contributed by atoms with Crippen molar-refractivity contribution in [1.82, 2.24) is 9.88 Å². The smallest absolute Gasteiger partial charge is 0.226 e. The number of carbonyl (C=O) groups excluding carboxylic acids is 1. The molecule has 28 heavy (non-hydrogen) atoms.